The molecule has 0 bridgehead atoms. The van der Waals surface area contributed by atoms with Crippen LogP contribution in [0.2, 0.25) is 0 Å². The fourth-order valence-electron chi connectivity index (χ4n) is 3.09. The first-order valence-electron chi connectivity index (χ1n) is 10.0. The van der Waals surface area contributed by atoms with Gasteiger partial charge in [0.25, 0.3) is 0 Å². The maximum absolute atomic E-state index is 5.81. The second-order valence-corrected chi connectivity index (χ2v) is 6.77. The van der Waals surface area contributed by atoms with Gasteiger partial charge in [0.1, 0.15) is 24.6 Å². The lowest BCUT2D eigenvalue weighted by Crippen LogP contribution is -2.80. The summed E-state index contributed by atoms with van der Waals surface area (Å²) in [5.41, 5.74) is 2.34. The van der Waals surface area contributed by atoms with Gasteiger partial charge < -0.3 is 24.3 Å². The predicted octanol–water partition coefficient (Wildman–Crippen LogP) is 3.94. The lowest BCUT2D eigenvalue weighted by Gasteiger charge is -2.13. The number of nitrogens with two attached hydrogens (primary N) is 1. The molecule has 5 nitrogen and oxygen atoms in total. The maximum Gasteiger partial charge on any atom is 0.164 e. The van der Waals surface area contributed by atoms with E-state index in [0.29, 0.717) is 11.5 Å². The van der Waals surface area contributed by atoms with E-state index in [9.17, 15) is 0 Å². The van der Waals surface area contributed by atoms with Crippen LogP contribution in [0.5, 0.6) is 23.0 Å². The van der Waals surface area contributed by atoms with Gasteiger partial charge >= 0.3 is 0 Å². The molecule has 0 heterocycles. The molecule has 0 fully saturated rings. The van der Waals surface area contributed by atoms with Crippen LogP contribution >= 0.6 is 0 Å². The van der Waals surface area contributed by atoms with Crippen LogP contribution in [0.1, 0.15) is 43.7 Å². The van der Waals surface area contributed by atoms with Gasteiger partial charge in [-0.2, -0.15) is 0 Å². The number of hydrogen-bond acceptors (Lipinski definition) is 4. The molecular weight excluding hydrogens is 354 g/mol. The number of benzene rings is 2. The Hall–Kier alpha value is -2.40. The SMILES string of the molecule is CCCCCCOc1ccc(C[NH2+]Cc2cc(OC)c(OC)cc2OC)cc1. The molecule has 0 unspecified atom stereocenters. The van der Waals surface area contributed by atoms with Crippen LogP contribution in [0.15, 0.2) is 36.4 Å². The van der Waals surface area contributed by atoms with Crippen molar-refractivity contribution in [1.82, 2.24) is 0 Å². The molecular formula is C23H34NO4+. The molecule has 0 aromatic heterocycles. The third-order valence-electron chi connectivity index (χ3n) is 4.72. The molecule has 2 aromatic carbocycles. The third-order valence-corrected chi connectivity index (χ3v) is 4.72. The van der Waals surface area contributed by atoms with Gasteiger partial charge in [-0.3, -0.25) is 0 Å². The van der Waals surface area contributed by atoms with Crippen LogP contribution in [0.4, 0.5) is 0 Å². The summed E-state index contributed by atoms with van der Waals surface area (Å²) in [6.07, 6.45) is 4.89. The van der Waals surface area contributed by atoms with Gasteiger partial charge in [-0.05, 0) is 36.8 Å². The third kappa shape index (κ3) is 6.64. The fourth-order valence-corrected chi connectivity index (χ4v) is 3.09. The van der Waals surface area contributed by atoms with Gasteiger partial charge in [0.2, 0.25) is 0 Å². The highest BCUT2D eigenvalue weighted by Gasteiger charge is 2.13. The Morgan fingerprint density at radius 3 is 2.07 bits per heavy atom. The first-order chi connectivity index (χ1) is 13.7. The van der Waals surface area contributed by atoms with E-state index in [1.54, 1.807) is 21.3 Å². The minimum Gasteiger partial charge on any atom is -0.496 e. The van der Waals surface area contributed by atoms with Crippen molar-refractivity contribution in [3.8, 4) is 23.0 Å². The second kappa shape index (κ2) is 12.1. The predicted molar refractivity (Wildman–Crippen MR) is 112 cm³/mol. The van der Waals surface area contributed by atoms with E-state index in [1.807, 2.05) is 12.1 Å². The molecule has 0 amide bonds. The molecule has 0 atom stereocenters. The zero-order chi connectivity index (χ0) is 20.2. The smallest absolute Gasteiger partial charge is 0.164 e. The Bertz CT molecular complexity index is 700. The molecule has 2 N–H and O–H groups in total. The lowest BCUT2D eigenvalue weighted by molar-refractivity contribution is -0.686. The first-order valence-corrected chi connectivity index (χ1v) is 10.0. The molecule has 0 aliphatic heterocycles. The topological polar surface area (TPSA) is 53.5 Å². The van der Waals surface area contributed by atoms with Crippen LogP contribution in [-0.4, -0.2) is 27.9 Å². The molecule has 2 aromatic rings. The van der Waals surface area contributed by atoms with Crippen molar-refractivity contribution in [3.63, 3.8) is 0 Å². The Morgan fingerprint density at radius 2 is 1.43 bits per heavy atom. The number of rotatable bonds is 13. The highest BCUT2D eigenvalue weighted by molar-refractivity contribution is 5.50. The standard InChI is InChI=1S/C23H33NO4/c1-5-6-7-8-13-28-20-11-9-18(10-12-20)16-24-17-19-14-22(26-3)23(27-4)15-21(19)25-2/h9-12,14-15,24H,5-8,13,16-17H2,1-4H3/p+1. The average molecular weight is 389 g/mol. The molecule has 0 aliphatic carbocycles. The van der Waals surface area contributed by atoms with E-state index in [2.05, 4.69) is 36.5 Å². The summed E-state index contributed by atoms with van der Waals surface area (Å²) < 4.78 is 22.0. The minimum absolute atomic E-state index is 0.674. The van der Waals surface area contributed by atoms with Gasteiger partial charge in [-0.1, -0.05) is 26.2 Å². The first kappa shape index (κ1) is 21.9. The number of quaternary nitrogens is 1. The van der Waals surface area contributed by atoms with Crippen LogP contribution in [0, 0.1) is 0 Å². The van der Waals surface area contributed by atoms with Gasteiger partial charge in [0, 0.05) is 11.6 Å². The summed E-state index contributed by atoms with van der Waals surface area (Å²) in [7, 11) is 4.94. The molecule has 28 heavy (non-hydrogen) atoms. The molecule has 5 heteroatoms. The molecule has 0 aliphatic rings. The number of unbranched alkanes of at least 4 members (excludes halogenated alkanes) is 3. The maximum atomic E-state index is 5.81. The fraction of sp³-hybridized carbons (Fsp3) is 0.478. The van der Waals surface area contributed by atoms with Crippen molar-refractivity contribution in [1.29, 1.82) is 0 Å². The summed E-state index contributed by atoms with van der Waals surface area (Å²) in [6, 6.07) is 12.2. The second-order valence-electron chi connectivity index (χ2n) is 6.77. The van der Waals surface area contributed by atoms with Crippen LogP contribution in [-0.2, 0) is 13.1 Å². The summed E-state index contributed by atoms with van der Waals surface area (Å²) in [5, 5.41) is 2.24. The lowest BCUT2D eigenvalue weighted by atomic mass is 10.1. The van der Waals surface area contributed by atoms with E-state index in [4.69, 9.17) is 18.9 Å². The molecule has 0 saturated carbocycles. The number of ether oxygens (including phenoxy) is 4. The van der Waals surface area contributed by atoms with Crippen LogP contribution in [0.3, 0.4) is 0 Å². The van der Waals surface area contributed by atoms with Gasteiger partial charge in [-0.15, -0.1) is 0 Å². The monoisotopic (exact) mass is 388 g/mol. The zero-order valence-electron chi connectivity index (χ0n) is 17.6. The number of methoxy groups -OCH3 is 3. The van der Waals surface area contributed by atoms with Crippen LogP contribution in [0.25, 0.3) is 0 Å². The Balaban J connectivity index is 1.84. The molecule has 0 radical (unpaired) electrons. The Morgan fingerprint density at radius 1 is 0.750 bits per heavy atom. The average Bonchev–Trinajstić information content (AvgIpc) is 2.74. The Kier molecular flexibility index (Phi) is 9.49. The number of hydrogen-bond donors (Lipinski definition) is 1. The van der Waals surface area contributed by atoms with Gasteiger partial charge in [0.05, 0.1) is 33.5 Å². The van der Waals surface area contributed by atoms with Crippen molar-refractivity contribution < 1.29 is 24.3 Å². The highest BCUT2D eigenvalue weighted by atomic mass is 16.5. The minimum atomic E-state index is 0.674. The summed E-state index contributed by atoms with van der Waals surface area (Å²) in [5.74, 6) is 3.14. The normalized spacial score (nSPS) is 10.6. The molecule has 0 spiro atoms. The Labute approximate surface area is 169 Å². The van der Waals surface area contributed by atoms with Crippen LogP contribution < -0.4 is 24.3 Å². The molecule has 2 rings (SSSR count). The van der Waals surface area contributed by atoms with Crippen molar-refractivity contribution in [2.45, 2.75) is 45.7 Å². The largest absolute Gasteiger partial charge is 0.496 e. The van der Waals surface area contributed by atoms with E-state index < -0.39 is 0 Å². The van der Waals surface area contributed by atoms with Crippen molar-refractivity contribution >= 4 is 0 Å². The summed E-state index contributed by atoms with van der Waals surface area (Å²) in [6.45, 7) is 4.69. The van der Waals surface area contributed by atoms with Crippen molar-refractivity contribution in [3.05, 3.63) is 47.5 Å². The van der Waals surface area contributed by atoms with Gasteiger partial charge in [-0.25, -0.2) is 0 Å². The quantitative estimate of drug-likeness (QED) is 0.528. The van der Waals surface area contributed by atoms with E-state index in [-0.39, 0.29) is 0 Å². The summed E-state index contributed by atoms with van der Waals surface area (Å²) >= 11 is 0. The van der Waals surface area contributed by atoms with Crippen molar-refractivity contribution in [2.24, 2.45) is 0 Å². The van der Waals surface area contributed by atoms with E-state index >= 15 is 0 Å². The zero-order valence-corrected chi connectivity index (χ0v) is 17.6. The van der Waals surface area contributed by atoms with Crippen molar-refractivity contribution in [2.75, 3.05) is 27.9 Å². The van der Waals surface area contributed by atoms with E-state index in [1.165, 1.54) is 24.8 Å². The summed E-state index contributed by atoms with van der Waals surface area (Å²) in [4.78, 5) is 0. The van der Waals surface area contributed by atoms with Gasteiger partial charge in [0.15, 0.2) is 11.5 Å². The molecule has 0 saturated heterocycles. The van der Waals surface area contributed by atoms with E-state index in [0.717, 1.165) is 43.2 Å². The highest BCUT2D eigenvalue weighted by Crippen LogP contribution is 2.34. The molecule has 154 valence electrons.